The van der Waals surface area contributed by atoms with Crippen LogP contribution in [-0.2, 0) is 4.74 Å². The smallest absolute Gasteiger partial charge is 0.339 e. The lowest BCUT2D eigenvalue weighted by atomic mass is 10.1. The summed E-state index contributed by atoms with van der Waals surface area (Å²) in [7, 11) is 1.31. The monoisotopic (exact) mass is 391 g/mol. The zero-order valence-corrected chi connectivity index (χ0v) is 16.3. The van der Waals surface area contributed by atoms with Crippen LogP contribution in [0.5, 0.6) is 0 Å². The molecule has 0 spiro atoms. The Balaban J connectivity index is 1.77. The zero-order chi connectivity index (χ0) is 18.8. The predicted octanol–water partition coefficient (Wildman–Crippen LogP) is 3.89. The minimum atomic E-state index is -0.465. The Bertz CT molecular complexity index is 944. The van der Waals surface area contributed by atoms with Crippen LogP contribution in [0.15, 0.2) is 27.2 Å². The number of H-pyrrole nitrogens is 1. The number of aromatic amines is 1. The van der Waals surface area contributed by atoms with E-state index in [2.05, 4.69) is 15.2 Å². The molecule has 0 saturated carbocycles. The van der Waals surface area contributed by atoms with Crippen molar-refractivity contribution in [2.24, 2.45) is 0 Å². The molecule has 3 aromatic rings. The molecule has 0 fully saturated rings. The second-order valence-corrected chi connectivity index (χ2v) is 7.83. The quantitative estimate of drug-likeness (QED) is 0.387. The standard InChI is InChI=1S/C17H17N3O4S2/c1-8-12(16(22)23-4)9(2)18-13(8)14(21)10(3)26-17-20-19-15(24-17)11-6-5-7-25-11/h5-7,10,18H,1-4H3/t10-/m0/s1. The molecule has 26 heavy (non-hydrogen) atoms. The van der Waals surface area contributed by atoms with Crippen LogP contribution in [0.3, 0.4) is 0 Å². The van der Waals surface area contributed by atoms with Gasteiger partial charge in [0.05, 0.1) is 28.5 Å². The van der Waals surface area contributed by atoms with Crippen LogP contribution >= 0.6 is 23.1 Å². The fourth-order valence-electron chi connectivity index (χ4n) is 2.57. The van der Waals surface area contributed by atoms with Gasteiger partial charge in [-0.1, -0.05) is 17.8 Å². The van der Waals surface area contributed by atoms with Gasteiger partial charge in [0.1, 0.15) is 0 Å². The summed E-state index contributed by atoms with van der Waals surface area (Å²) >= 11 is 2.68. The lowest BCUT2D eigenvalue weighted by molar-refractivity contribution is 0.0599. The number of nitrogens with one attached hydrogen (secondary N) is 1. The Labute approximate surface area is 158 Å². The van der Waals surface area contributed by atoms with Gasteiger partial charge in [-0.2, -0.15) is 0 Å². The number of ketones is 1. The van der Waals surface area contributed by atoms with Gasteiger partial charge in [0, 0.05) is 5.69 Å². The third kappa shape index (κ3) is 3.45. The van der Waals surface area contributed by atoms with Gasteiger partial charge in [0.15, 0.2) is 5.78 Å². The number of aryl methyl sites for hydroxylation is 1. The zero-order valence-electron chi connectivity index (χ0n) is 14.7. The number of methoxy groups -OCH3 is 1. The van der Waals surface area contributed by atoms with Crippen LogP contribution in [-0.4, -0.2) is 39.3 Å². The van der Waals surface area contributed by atoms with Crippen molar-refractivity contribution in [1.29, 1.82) is 0 Å². The minimum absolute atomic E-state index is 0.151. The van der Waals surface area contributed by atoms with E-state index >= 15 is 0 Å². The summed E-state index contributed by atoms with van der Waals surface area (Å²) in [6, 6.07) is 3.79. The number of hydrogen-bond donors (Lipinski definition) is 1. The van der Waals surface area contributed by atoms with Gasteiger partial charge >= 0.3 is 5.97 Å². The number of carbonyl (C=O) groups excluding carboxylic acids is 2. The first-order chi connectivity index (χ1) is 12.4. The van der Waals surface area contributed by atoms with Gasteiger partial charge < -0.3 is 14.1 Å². The van der Waals surface area contributed by atoms with E-state index < -0.39 is 11.2 Å². The molecule has 3 heterocycles. The molecular weight excluding hydrogens is 374 g/mol. The number of hydrogen-bond acceptors (Lipinski definition) is 8. The van der Waals surface area contributed by atoms with Gasteiger partial charge in [0.2, 0.25) is 0 Å². The van der Waals surface area contributed by atoms with Crippen molar-refractivity contribution < 1.29 is 18.7 Å². The maximum Gasteiger partial charge on any atom is 0.339 e. The van der Waals surface area contributed by atoms with E-state index in [0.29, 0.717) is 33.6 Å². The van der Waals surface area contributed by atoms with Crippen molar-refractivity contribution in [3.8, 4) is 10.8 Å². The number of carbonyl (C=O) groups is 2. The molecule has 9 heteroatoms. The maximum absolute atomic E-state index is 12.8. The first kappa shape index (κ1) is 18.4. The fraction of sp³-hybridized carbons (Fsp3) is 0.294. The van der Waals surface area contributed by atoms with Crippen molar-refractivity contribution in [2.75, 3.05) is 7.11 Å². The van der Waals surface area contributed by atoms with Gasteiger partial charge in [-0.15, -0.1) is 21.5 Å². The van der Waals surface area contributed by atoms with Gasteiger partial charge in [0.25, 0.3) is 11.1 Å². The van der Waals surface area contributed by atoms with E-state index in [-0.39, 0.29) is 5.78 Å². The minimum Gasteiger partial charge on any atom is -0.465 e. The van der Waals surface area contributed by atoms with E-state index in [4.69, 9.17) is 9.15 Å². The normalized spacial score (nSPS) is 12.2. The average Bonchev–Trinajstić information content (AvgIpc) is 3.34. The fourth-order valence-corrected chi connectivity index (χ4v) is 3.96. The molecule has 0 aromatic carbocycles. The molecule has 0 bridgehead atoms. The Morgan fingerprint density at radius 2 is 2.12 bits per heavy atom. The molecule has 136 valence electrons. The highest BCUT2D eigenvalue weighted by molar-refractivity contribution is 8.00. The van der Waals surface area contributed by atoms with E-state index in [0.717, 1.165) is 4.88 Å². The molecule has 1 atom stereocenters. The SMILES string of the molecule is COC(=O)c1c(C)[nH]c(C(=O)[C@H](C)Sc2nnc(-c3cccs3)o2)c1C. The largest absolute Gasteiger partial charge is 0.465 e. The first-order valence-corrected chi connectivity index (χ1v) is 9.54. The molecule has 3 aromatic heterocycles. The Hall–Kier alpha value is -2.39. The number of aromatic nitrogens is 3. The van der Waals surface area contributed by atoms with Crippen LogP contribution in [0.2, 0.25) is 0 Å². The van der Waals surface area contributed by atoms with Crippen molar-refractivity contribution in [2.45, 2.75) is 31.2 Å². The summed E-state index contributed by atoms with van der Waals surface area (Å²) < 4.78 is 10.4. The van der Waals surface area contributed by atoms with Gasteiger partial charge in [-0.3, -0.25) is 4.79 Å². The average molecular weight is 391 g/mol. The molecule has 7 nitrogen and oxygen atoms in total. The molecule has 0 aliphatic carbocycles. The molecule has 0 radical (unpaired) electrons. The second-order valence-electron chi connectivity index (χ2n) is 5.59. The topological polar surface area (TPSA) is 98.1 Å². The van der Waals surface area contributed by atoms with E-state index in [9.17, 15) is 9.59 Å². The highest BCUT2D eigenvalue weighted by Gasteiger charge is 2.27. The van der Waals surface area contributed by atoms with Crippen molar-refractivity contribution >= 4 is 34.9 Å². The molecule has 0 unspecified atom stereocenters. The summed E-state index contributed by atoms with van der Waals surface area (Å²) in [4.78, 5) is 28.5. The van der Waals surface area contributed by atoms with E-state index in [1.54, 1.807) is 20.8 Å². The summed E-state index contributed by atoms with van der Waals surface area (Å²) in [6.07, 6.45) is 0. The lowest BCUT2D eigenvalue weighted by Gasteiger charge is -2.07. The summed E-state index contributed by atoms with van der Waals surface area (Å²) in [5.74, 6) is -0.184. The van der Waals surface area contributed by atoms with Crippen LogP contribution in [0.1, 0.15) is 39.0 Å². The van der Waals surface area contributed by atoms with Crippen molar-refractivity contribution in [3.63, 3.8) is 0 Å². The van der Waals surface area contributed by atoms with Crippen LogP contribution < -0.4 is 0 Å². The first-order valence-electron chi connectivity index (χ1n) is 7.78. The van der Waals surface area contributed by atoms with Crippen molar-refractivity contribution in [3.05, 3.63) is 40.0 Å². The predicted molar refractivity (Wildman–Crippen MR) is 98.9 cm³/mol. The van der Waals surface area contributed by atoms with Crippen LogP contribution in [0.25, 0.3) is 10.8 Å². The summed E-state index contributed by atoms with van der Waals surface area (Å²) in [5, 5.41) is 9.78. The van der Waals surface area contributed by atoms with Crippen LogP contribution in [0, 0.1) is 13.8 Å². The van der Waals surface area contributed by atoms with Gasteiger partial charge in [-0.05, 0) is 37.8 Å². The Morgan fingerprint density at radius 3 is 2.77 bits per heavy atom. The van der Waals surface area contributed by atoms with Crippen LogP contribution in [0.4, 0.5) is 0 Å². The molecule has 0 amide bonds. The highest BCUT2D eigenvalue weighted by atomic mass is 32.2. The lowest BCUT2D eigenvalue weighted by Crippen LogP contribution is -2.15. The third-order valence-corrected chi connectivity index (χ3v) is 5.65. The highest BCUT2D eigenvalue weighted by Crippen LogP contribution is 2.30. The number of ether oxygens (including phenoxy) is 1. The molecule has 0 aliphatic rings. The molecule has 3 rings (SSSR count). The van der Waals surface area contributed by atoms with E-state index in [1.807, 2.05) is 17.5 Å². The molecule has 1 N–H and O–H groups in total. The number of thioether (sulfide) groups is 1. The summed E-state index contributed by atoms with van der Waals surface area (Å²) in [5.41, 5.74) is 1.97. The number of esters is 1. The third-order valence-electron chi connectivity index (χ3n) is 3.86. The number of nitrogens with zero attached hydrogens (tertiary/aromatic N) is 2. The number of Topliss-reactive ketones (excluding diaryl/α,β-unsaturated/α-hetero) is 1. The Kier molecular flexibility index (Phi) is 5.28. The maximum atomic E-state index is 12.8. The number of thiophene rings is 1. The molecular formula is C17H17N3O4S2. The summed E-state index contributed by atoms with van der Waals surface area (Å²) in [6.45, 7) is 5.22. The number of rotatable bonds is 6. The van der Waals surface area contributed by atoms with Gasteiger partial charge in [-0.25, -0.2) is 4.79 Å². The second kappa shape index (κ2) is 7.46. The molecule has 0 aliphatic heterocycles. The molecule has 0 saturated heterocycles. The Morgan fingerprint density at radius 1 is 1.35 bits per heavy atom. The van der Waals surface area contributed by atoms with Crippen molar-refractivity contribution in [1.82, 2.24) is 15.2 Å². The van der Waals surface area contributed by atoms with E-state index in [1.165, 1.54) is 30.2 Å².